The van der Waals surface area contributed by atoms with Gasteiger partial charge in [-0.25, -0.2) is 4.39 Å². The van der Waals surface area contributed by atoms with Crippen LogP contribution in [0.5, 0.6) is 0 Å². The molecule has 1 unspecified atom stereocenters. The summed E-state index contributed by atoms with van der Waals surface area (Å²) in [5.41, 5.74) is 0. The van der Waals surface area contributed by atoms with Gasteiger partial charge in [-0.05, 0) is 0 Å². The molecule has 0 saturated carbocycles. The highest BCUT2D eigenvalue weighted by atomic mass is 28.2. The van der Waals surface area contributed by atoms with Gasteiger partial charge < -0.3 is 0 Å². The summed E-state index contributed by atoms with van der Waals surface area (Å²) in [6.07, 6.45) is 1.37. The summed E-state index contributed by atoms with van der Waals surface area (Å²) in [4.78, 5) is 0. The molecule has 0 aliphatic heterocycles. The number of hydrogen-bond donors (Lipinski definition) is 0. The van der Waals surface area contributed by atoms with Gasteiger partial charge in [0.1, 0.15) is 0 Å². The molecule has 0 nitrogen and oxygen atoms in total. The van der Waals surface area contributed by atoms with Gasteiger partial charge in [0.05, 0.1) is 15.3 Å². The van der Waals surface area contributed by atoms with E-state index in [2.05, 4.69) is 6.58 Å². The highest BCUT2D eigenvalue weighted by Crippen LogP contribution is 1.84. The molecular weight excluding hydrogens is 95.1 g/mol. The van der Waals surface area contributed by atoms with Crippen LogP contribution in [0.2, 0.25) is 6.55 Å². The molecule has 0 aromatic rings. The fraction of sp³-hybridized carbons (Fsp3) is 0.500. The van der Waals surface area contributed by atoms with Gasteiger partial charge in [0.15, 0.2) is 0 Å². The summed E-state index contributed by atoms with van der Waals surface area (Å²) in [5.74, 6) is -0.662. The van der Waals surface area contributed by atoms with E-state index in [9.17, 15) is 4.39 Å². The quantitative estimate of drug-likeness (QED) is 0.357. The van der Waals surface area contributed by atoms with Crippen molar-refractivity contribution in [2.75, 3.05) is 0 Å². The molecule has 0 aliphatic rings. The van der Waals surface area contributed by atoms with Gasteiger partial charge in [0, 0.05) is 0 Å². The third-order valence-electron chi connectivity index (χ3n) is 0.646. The lowest BCUT2D eigenvalue weighted by Gasteiger charge is -1.88. The van der Waals surface area contributed by atoms with Crippen LogP contribution < -0.4 is 0 Å². The summed E-state index contributed by atoms with van der Waals surface area (Å²) in [6, 6.07) is 0. The topological polar surface area (TPSA) is 0 Å². The molecule has 0 amide bonds. The van der Waals surface area contributed by atoms with E-state index in [1.54, 1.807) is 0 Å². The Morgan fingerprint density at radius 3 is 2.50 bits per heavy atom. The van der Waals surface area contributed by atoms with E-state index in [4.69, 9.17) is 0 Å². The first-order chi connectivity index (χ1) is 2.81. The van der Waals surface area contributed by atoms with Crippen LogP contribution in [0.25, 0.3) is 0 Å². The number of allylic oxidation sites excluding steroid dienone is 1. The van der Waals surface area contributed by atoms with E-state index in [-0.39, 0.29) is 0 Å². The molecule has 0 heterocycles. The molecule has 0 aliphatic carbocycles. The Balaban J connectivity index is 2.96. The van der Waals surface area contributed by atoms with Gasteiger partial charge in [0.2, 0.25) is 0 Å². The Labute approximate surface area is 39.9 Å². The van der Waals surface area contributed by atoms with Crippen LogP contribution in [0.3, 0.4) is 0 Å². The van der Waals surface area contributed by atoms with Crippen molar-refractivity contribution in [3.05, 3.63) is 12.7 Å². The zero-order valence-corrected chi connectivity index (χ0v) is 5.36. The predicted octanol–water partition coefficient (Wildman–Crippen LogP) is 0.685. The van der Waals surface area contributed by atoms with Crippen molar-refractivity contribution < 1.29 is 4.39 Å². The zero-order chi connectivity index (χ0) is 4.99. The van der Waals surface area contributed by atoms with Crippen LogP contribution in [-0.4, -0.2) is 15.3 Å². The van der Waals surface area contributed by atoms with E-state index in [1.165, 1.54) is 6.08 Å². The van der Waals surface area contributed by atoms with Gasteiger partial charge in [-0.15, -0.1) is 6.58 Å². The first kappa shape index (κ1) is 5.89. The maximum Gasteiger partial charge on any atom is 0.0998 e. The lowest BCUT2D eigenvalue weighted by atomic mass is 10.7. The van der Waals surface area contributed by atoms with Gasteiger partial charge in [-0.2, -0.15) is 0 Å². The summed E-state index contributed by atoms with van der Waals surface area (Å²) in [6.45, 7) is 5.21. The molecular formula is C4H9FSi. The lowest BCUT2D eigenvalue weighted by Crippen LogP contribution is -2.00. The lowest BCUT2D eigenvalue weighted by molar-refractivity contribution is 0.507. The number of alkyl halides is 1. The minimum Gasteiger partial charge on any atom is -0.248 e. The number of halogens is 1. The van der Waals surface area contributed by atoms with E-state index in [1.807, 2.05) is 6.55 Å². The van der Waals surface area contributed by atoms with Gasteiger partial charge in [-0.3, -0.25) is 0 Å². The van der Waals surface area contributed by atoms with Crippen LogP contribution in [0.15, 0.2) is 12.7 Å². The Kier molecular flexibility index (Phi) is 3.03. The molecule has 0 aromatic carbocycles. The average Bonchev–Trinajstić information content (AvgIpc) is 1.65. The second kappa shape index (κ2) is 3.09. The van der Waals surface area contributed by atoms with Gasteiger partial charge >= 0.3 is 0 Å². The van der Waals surface area contributed by atoms with E-state index >= 15 is 0 Å². The van der Waals surface area contributed by atoms with Crippen molar-refractivity contribution in [1.82, 2.24) is 0 Å². The van der Waals surface area contributed by atoms with Crippen LogP contribution in [0.1, 0.15) is 0 Å². The normalized spacial score (nSPS) is 15.7. The maximum atomic E-state index is 11.8. The Morgan fingerprint density at radius 1 is 2.00 bits per heavy atom. The second-order valence-electron chi connectivity index (χ2n) is 1.16. The molecule has 0 fully saturated rings. The Hall–Kier alpha value is -0.113. The molecule has 1 atom stereocenters. The standard InChI is InChI=1S/C4H9FSi/c1-3-4(5)6-2/h3-4H,1,6H2,2H3. The summed E-state index contributed by atoms with van der Waals surface area (Å²) >= 11 is 0. The molecule has 0 aromatic heterocycles. The summed E-state index contributed by atoms with van der Waals surface area (Å²) in [5, 5.41) is 0. The summed E-state index contributed by atoms with van der Waals surface area (Å²) < 4.78 is 11.8. The highest BCUT2D eigenvalue weighted by molar-refractivity contribution is 6.35. The summed E-state index contributed by atoms with van der Waals surface area (Å²) in [7, 11) is -0.446. The van der Waals surface area contributed by atoms with Crippen molar-refractivity contribution in [1.29, 1.82) is 0 Å². The smallest absolute Gasteiger partial charge is 0.0998 e. The van der Waals surface area contributed by atoms with Crippen LogP contribution >= 0.6 is 0 Å². The minimum atomic E-state index is -0.662. The first-order valence-electron chi connectivity index (χ1n) is 2.08. The molecule has 36 valence electrons. The predicted molar refractivity (Wildman–Crippen MR) is 29.5 cm³/mol. The molecule has 2 heteroatoms. The van der Waals surface area contributed by atoms with Crippen molar-refractivity contribution in [3.63, 3.8) is 0 Å². The van der Waals surface area contributed by atoms with Gasteiger partial charge in [0.25, 0.3) is 0 Å². The van der Waals surface area contributed by atoms with Crippen LogP contribution in [0.4, 0.5) is 4.39 Å². The fourth-order valence-electron chi connectivity index (χ4n) is 0.167. The zero-order valence-electron chi connectivity index (χ0n) is 3.95. The fourth-order valence-corrected chi connectivity index (χ4v) is 0.500. The van der Waals surface area contributed by atoms with Crippen molar-refractivity contribution in [2.24, 2.45) is 0 Å². The Bertz CT molecular complexity index is 44.8. The molecule has 6 heavy (non-hydrogen) atoms. The molecule has 0 saturated heterocycles. The monoisotopic (exact) mass is 104 g/mol. The molecule has 0 bridgehead atoms. The van der Waals surface area contributed by atoms with Crippen molar-refractivity contribution >= 4 is 9.52 Å². The second-order valence-corrected chi connectivity index (χ2v) is 2.76. The SMILES string of the molecule is C=CC(F)[SiH2]C. The van der Waals surface area contributed by atoms with Crippen LogP contribution in [-0.2, 0) is 0 Å². The molecule has 0 N–H and O–H groups in total. The highest BCUT2D eigenvalue weighted by Gasteiger charge is 1.90. The van der Waals surface area contributed by atoms with E-state index in [0.717, 1.165) is 0 Å². The average molecular weight is 104 g/mol. The third kappa shape index (κ3) is 2.14. The number of hydrogen-bond acceptors (Lipinski definition) is 0. The number of rotatable bonds is 2. The molecule has 0 radical (unpaired) electrons. The van der Waals surface area contributed by atoms with Crippen molar-refractivity contribution in [2.45, 2.75) is 12.3 Å². The van der Waals surface area contributed by atoms with Crippen molar-refractivity contribution in [3.8, 4) is 0 Å². The molecule has 0 spiro atoms. The maximum absolute atomic E-state index is 11.8. The van der Waals surface area contributed by atoms with E-state index < -0.39 is 15.3 Å². The van der Waals surface area contributed by atoms with Crippen LogP contribution in [0, 0.1) is 0 Å². The third-order valence-corrected chi connectivity index (χ3v) is 1.76. The largest absolute Gasteiger partial charge is 0.248 e. The molecule has 0 rings (SSSR count). The van der Waals surface area contributed by atoms with Gasteiger partial charge in [-0.1, -0.05) is 12.6 Å². The first-order valence-corrected chi connectivity index (χ1v) is 4.31. The minimum absolute atomic E-state index is 0.446. The van der Waals surface area contributed by atoms with E-state index in [0.29, 0.717) is 0 Å². The Morgan fingerprint density at radius 2 is 2.50 bits per heavy atom.